The number of carbonyl (C=O) groups is 1. The first-order valence-corrected chi connectivity index (χ1v) is 9.54. The Morgan fingerprint density at radius 1 is 1.15 bits per heavy atom. The third-order valence-corrected chi connectivity index (χ3v) is 5.39. The van der Waals surface area contributed by atoms with Crippen molar-refractivity contribution in [3.05, 3.63) is 82.9 Å². The maximum atomic E-state index is 12.8. The number of nitrogens with zero attached hydrogens (tertiary/aromatic N) is 1. The van der Waals surface area contributed by atoms with E-state index in [0.717, 1.165) is 16.8 Å². The van der Waals surface area contributed by atoms with Crippen LogP contribution in [0, 0.1) is 13.8 Å². The Hall–Kier alpha value is -2.93. The molecule has 3 aromatic rings. The van der Waals surface area contributed by atoms with Crippen molar-refractivity contribution in [2.45, 2.75) is 25.2 Å². The molecule has 2 N–H and O–H groups in total. The van der Waals surface area contributed by atoms with Gasteiger partial charge in [0.25, 0.3) is 15.9 Å². The van der Waals surface area contributed by atoms with Crippen LogP contribution in [0.4, 0.5) is 0 Å². The summed E-state index contributed by atoms with van der Waals surface area (Å²) in [4.78, 5) is 19.2. The van der Waals surface area contributed by atoms with Crippen molar-refractivity contribution in [3.8, 4) is 0 Å². The summed E-state index contributed by atoms with van der Waals surface area (Å²) in [7, 11) is -4.00. The number of H-pyrrole nitrogens is 1. The molecule has 7 heteroatoms. The molecule has 0 radical (unpaired) electrons. The number of pyridine rings is 1. The second-order valence-electron chi connectivity index (χ2n) is 6.13. The van der Waals surface area contributed by atoms with Gasteiger partial charge in [-0.25, -0.2) is 13.1 Å². The predicted octanol–water partition coefficient (Wildman–Crippen LogP) is 2.74. The van der Waals surface area contributed by atoms with Gasteiger partial charge in [-0.1, -0.05) is 23.8 Å². The predicted molar refractivity (Wildman–Crippen MR) is 98.4 cm³/mol. The summed E-state index contributed by atoms with van der Waals surface area (Å²) >= 11 is 0. The van der Waals surface area contributed by atoms with Gasteiger partial charge in [-0.3, -0.25) is 9.78 Å². The fraction of sp³-hybridized carbons (Fsp3) is 0.158. The second-order valence-corrected chi connectivity index (χ2v) is 7.78. The minimum atomic E-state index is -4.00. The fourth-order valence-electron chi connectivity index (χ4n) is 2.63. The number of aromatic nitrogens is 2. The molecule has 0 unspecified atom stereocenters. The molecular weight excluding hydrogens is 350 g/mol. The molecule has 1 amide bonds. The summed E-state index contributed by atoms with van der Waals surface area (Å²) in [6, 6.07) is 10.4. The summed E-state index contributed by atoms with van der Waals surface area (Å²) < 4.78 is 27.6. The molecule has 26 heavy (non-hydrogen) atoms. The molecule has 0 bridgehead atoms. The van der Waals surface area contributed by atoms with E-state index in [0.29, 0.717) is 12.0 Å². The van der Waals surface area contributed by atoms with Gasteiger partial charge < -0.3 is 4.98 Å². The molecule has 0 atom stereocenters. The van der Waals surface area contributed by atoms with Crippen molar-refractivity contribution in [1.29, 1.82) is 0 Å². The van der Waals surface area contributed by atoms with Gasteiger partial charge in [0.2, 0.25) is 0 Å². The number of rotatable bonds is 5. The van der Waals surface area contributed by atoms with Crippen molar-refractivity contribution in [3.63, 3.8) is 0 Å². The number of aryl methyl sites for hydroxylation is 2. The molecule has 0 aliphatic heterocycles. The maximum absolute atomic E-state index is 12.8. The van der Waals surface area contributed by atoms with E-state index < -0.39 is 15.9 Å². The largest absolute Gasteiger partial charge is 0.367 e. The monoisotopic (exact) mass is 369 g/mol. The van der Waals surface area contributed by atoms with Crippen molar-refractivity contribution in [2.24, 2.45) is 0 Å². The van der Waals surface area contributed by atoms with Gasteiger partial charge in [-0.05, 0) is 43.2 Å². The first-order valence-electron chi connectivity index (χ1n) is 8.06. The van der Waals surface area contributed by atoms with E-state index in [-0.39, 0.29) is 10.5 Å². The van der Waals surface area contributed by atoms with Gasteiger partial charge in [0, 0.05) is 30.7 Å². The summed E-state index contributed by atoms with van der Waals surface area (Å²) in [6.45, 7) is 3.79. The fourth-order valence-corrected chi connectivity index (χ4v) is 3.83. The topological polar surface area (TPSA) is 91.9 Å². The van der Waals surface area contributed by atoms with Crippen LogP contribution in [-0.4, -0.2) is 24.3 Å². The number of hydrogen-bond donors (Lipinski definition) is 2. The zero-order valence-electron chi connectivity index (χ0n) is 14.5. The molecule has 0 aliphatic rings. The van der Waals surface area contributed by atoms with Crippen LogP contribution in [0.25, 0.3) is 0 Å². The third kappa shape index (κ3) is 4.00. The molecule has 134 valence electrons. The summed E-state index contributed by atoms with van der Waals surface area (Å²) in [5.74, 6) is -0.672. The number of benzene rings is 1. The molecular formula is C19H19N3O3S. The lowest BCUT2D eigenvalue weighted by Crippen LogP contribution is -2.31. The van der Waals surface area contributed by atoms with E-state index in [1.165, 1.54) is 18.3 Å². The Labute approximate surface area is 152 Å². The number of aromatic amines is 1. The van der Waals surface area contributed by atoms with Crippen LogP contribution in [0.2, 0.25) is 0 Å². The summed E-state index contributed by atoms with van der Waals surface area (Å²) in [5.41, 5.74) is 3.60. The van der Waals surface area contributed by atoms with Crippen LogP contribution in [0.3, 0.4) is 0 Å². The smallest absolute Gasteiger partial charge is 0.266 e. The SMILES string of the molecule is Cc1ccc(S(=O)(=O)NC(=O)c2cc[nH]c2)c(Cc2ccc(C)nc2)c1. The lowest BCUT2D eigenvalue weighted by atomic mass is 10.0. The van der Waals surface area contributed by atoms with Gasteiger partial charge >= 0.3 is 0 Å². The number of amides is 1. The Balaban J connectivity index is 1.93. The minimum Gasteiger partial charge on any atom is -0.367 e. The maximum Gasteiger partial charge on any atom is 0.266 e. The Kier molecular flexibility index (Phi) is 4.90. The molecule has 0 spiro atoms. The molecule has 0 aliphatic carbocycles. The van der Waals surface area contributed by atoms with E-state index in [4.69, 9.17) is 0 Å². The van der Waals surface area contributed by atoms with Crippen LogP contribution in [0.1, 0.15) is 32.7 Å². The Morgan fingerprint density at radius 2 is 1.96 bits per heavy atom. The number of nitrogens with one attached hydrogen (secondary N) is 2. The van der Waals surface area contributed by atoms with Crippen molar-refractivity contribution < 1.29 is 13.2 Å². The van der Waals surface area contributed by atoms with E-state index in [2.05, 4.69) is 14.7 Å². The lowest BCUT2D eigenvalue weighted by molar-refractivity contribution is 0.0981. The second kappa shape index (κ2) is 7.13. The van der Waals surface area contributed by atoms with Crippen LogP contribution >= 0.6 is 0 Å². The Morgan fingerprint density at radius 3 is 2.62 bits per heavy atom. The average Bonchev–Trinajstić information content (AvgIpc) is 3.11. The van der Waals surface area contributed by atoms with E-state index in [1.54, 1.807) is 18.5 Å². The van der Waals surface area contributed by atoms with Gasteiger partial charge in [-0.15, -0.1) is 0 Å². The summed E-state index contributed by atoms with van der Waals surface area (Å²) in [6.07, 6.45) is 5.14. The van der Waals surface area contributed by atoms with E-state index >= 15 is 0 Å². The van der Waals surface area contributed by atoms with Gasteiger partial charge in [0.1, 0.15) is 0 Å². The Bertz CT molecular complexity index is 1020. The number of hydrogen-bond acceptors (Lipinski definition) is 4. The first-order chi connectivity index (χ1) is 12.3. The van der Waals surface area contributed by atoms with Gasteiger partial charge in [0.15, 0.2) is 0 Å². The van der Waals surface area contributed by atoms with E-state index in [1.807, 2.05) is 32.0 Å². The highest BCUT2D eigenvalue weighted by Gasteiger charge is 2.22. The lowest BCUT2D eigenvalue weighted by Gasteiger charge is -2.12. The summed E-state index contributed by atoms with van der Waals surface area (Å²) in [5, 5.41) is 0. The molecule has 6 nitrogen and oxygen atoms in total. The standard InChI is InChI=1S/C19H19N3O3S/c1-13-3-6-18(17(9-13)10-15-5-4-14(2)21-11-15)26(24,25)22-19(23)16-7-8-20-12-16/h3-9,11-12,20H,10H2,1-2H3,(H,22,23). The molecule has 0 fully saturated rings. The average molecular weight is 369 g/mol. The first kappa shape index (κ1) is 17.9. The number of sulfonamides is 1. The molecule has 0 saturated carbocycles. The van der Waals surface area contributed by atoms with Gasteiger partial charge in [-0.2, -0.15) is 0 Å². The number of carbonyl (C=O) groups excluding carboxylic acids is 1. The zero-order chi connectivity index (χ0) is 18.7. The highest BCUT2D eigenvalue weighted by molar-refractivity contribution is 7.90. The van der Waals surface area contributed by atoms with Crippen molar-refractivity contribution >= 4 is 15.9 Å². The molecule has 3 rings (SSSR count). The molecule has 2 heterocycles. The third-order valence-electron chi connectivity index (χ3n) is 3.96. The highest BCUT2D eigenvalue weighted by atomic mass is 32.2. The van der Waals surface area contributed by atoms with Crippen LogP contribution < -0.4 is 4.72 Å². The van der Waals surface area contributed by atoms with Gasteiger partial charge in [0.05, 0.1) is 10.5 Å². The molecule has 0 saturated heterocycles. The highest BCUT2D eigenvalue weighted by Crippen LogP contribution is 2.21. The minimum absolute atomic E-state index is 0.0903. The van der Waals surface area contributed by atoms with E-state index in [9.17, 15) is 13.2 Å². The van der Waals surface area contributed by atoms with Crippen LogP contribution in [-0.2, 0) is 16.4 Å². The molecule has 1 aromatic carbocycles. The normalized spacial score (nSPS) is 11.3. The van der Waals surface area contributed by atoms with Crippen LogP contribution in [0.15, 0.2) is 59.9 Å². The van der Waals surface area contributed by atoms with Crippen molar-refractivity contribution in [2.75, 3.05) is 0 Å². The zero-order valence-corrected chi connectivity index (χ0v) is 15.3. The van der Waals surface area contributed by atoms with Crippen molar-refractivity contribution in [1.82, 2.24) is 14.7 Å². The molecule has 2 aromatic heterocycles. The van der Waals surface area contributed by atoms with Crippen LogP contribution in [0.5, 0.6) is 0 Å². The quantitative estimate of drug-likeness (QED) is 0.723.